The van der Waals surface area contributed by atoms with Gasteiger partial charge in [-0.3, -0.25) is 0 Å². The molecule has 0 heterocycles. The van der Waals surface area contributed by atoms with Gasteiger partial charge in [0.25, 0.3) is 0 Å². The Morgan fingerprint density at radius 2 is 2.29 bits per heavy atom. The van der Waals surface area contributed by atoms with Crippen molar-refractivity contribution in [3.05, 3.63) is 6.92 Å². The molecular formula is C7H13-. The molecule has 1 aliphatic carbocycles. The fourth-order valence-corrected chi connectivity index (χ4v) is 0.923. The van der Waals surface area contributed by atoms with Gasteiger partial charge in [0.05, 0.1) is 0 Å². The van der Waals surface area contributed by atoms with Crippen LogP contribution in [-0.2, 0) is 0 Å². The van der Waals surface area contributed by atoms with Crippen molar-refractivity contribution < 1.29 is 0 Å². The average molecular weight is 97.2 g/mol. The molecule has 1 unspecified atom stereocenters. The van der Waals surface area contributed by atoms with Crippen molar-refractivity contribution in [2.75, 3.05) is 0 Å². The van der Waals surface area contributed by atoms with E-state index in [1.807, 2.05) is 0 Å². The number of hydrogen-bond acceptors (Lipinski definition) is 0. The highest BCUT2D eigenvalue weighted by Gasteiger charge is 2.19. The van der Waals surface area contributed by atoms with Crippen molar-refractivity contribution in [1.82, 2.24) is 0 Å². The van der Waals surface area contributed by atoms with Gasteiger partial charge in [-0.15, -0.1) is 0 Å². The predicted molar refractivity (Wildman–Crippen MR) is 31.9 cm³/mol. The fraction of sp³-hybridized carbons (Fsp3) is 0.857. The maximum atomic E-state index is 3.92. The SMILES string of the molecule is [CH2-]C(C)CC1CC1. The summed E-state index contributed by atoms with van der Waals surface area (Å²) in [7, 11) is 0. The van der Waals surface area contributed by atoms with Gasteiger partial charge in [0.2, 0.25) is 0 Å². The van der Waals surface area contributed by atoms with Gasteiger partial charge in [-0.05, 0) is 5.92 Å². The van der Waals surface area contributed by atoms with Gasteiger partial charge in [-0.25, -0.2) is 0 Å². The molecule has 0 aromatic rings. The molecule has 0 radical (unpaired) electrons. The predicted octanol–water partition coefficient (Wildman–Crippen LogP) is 2.26. The van der Waals surface area contributed by atoms with Gasteiger partial charge in [0.1, 0.15) is 0 Å². The van der Waals surface area contributed by atoms with Crippen LogP contribution in [0.5, 0.6) is 0 Å². The zero-order chi connectivity index (χ0) is 5.28. The molecule has 0 spiro atoms. The summed E-state index contributed by atoms with van der Waals surface area (Å²) < 4.78 is 0. The summed E-state index contributed by atoms with van der Waals surface area (Å²) in [6.07, 6.45) is 4.31. The molecule has 1 aliphatic rings. The molecule has 42 valence electrons. The van der Waals surface area contributed by atoms with Crippen LogP contribution in [0.1, 0.15) is 26.2 Å². The molecule has 1 saturated carbocycles. The number of hydrogen-bond donors (Lipinski definition) is 0. The molecule has 1 fully saturated rings. The summed E-state index contributed by atoms with van der Waals surface area (Å²) in [5, 5.41) is 0. The molecule has 0 bridgehead atoms. The van der Waals surface area contributed by atoms with E-state index in [2.05, 4.69) is 13.8 Å². The Balaban J connectivity index is 1.97. The first kappa shape index (κ1) is 5.14. The largest absolute Gasteiger partial charge is 0.341 e. The van der Waals surface area contributed by atoms with Crippen LogP contribution < -0.4 is 0 Å². The minimum atomic E-state index is 0.688. The molecule has 0 aromatic heterocycles. The highest BCUT2D eigenvalue weighted by atomic mass is 14.3. The first-order valence-corrected chi connectivity index (χ1v) is 3.12. The minimum Gasteiger partial charge on any atom is -0.341 e. The van der Waals surface area contributed by atoms with Crippen molar-refractivity contribution >= 4 is 0 Å². The van der Waals surface area contributed by atoms with E-state index in [0.717, 1.165) is 5.92 Å². The molecule has 7 heavy (non-hydrogen) atoms. The van der Waals surface area contributed by atoms with E-state index in [1.165, 1.54) is 19.3 Å². The van der Waals surface area contributed by atoms with Crippen LogP contribution in [0.15, 0.2) is 0 Å². The molecule has 0 nitrogen and oxygen atoms in total. The lowest BCUT2D eigenvalue weighted by atomic mass is 10.1. The maximum absolute atomic E-state index is 3.92. The lowest BCUT2D eigenvalue weighted by molar-refractivity contribution is 0.588. The van der Waals surface area contributed by atoms with E-state index in [-0.39, 0.29) is 0 Å². The van der Waals surface area contributed by atoms with Crippen molar-refractivity contribution in [2.45, 2.75) is 26.2 Å². The quantitative estimate of drug-likeness (QED) is 0.464. The van der Waals surface area contributed by atoms with Crippen LogP contribution in [0, 0.1) is 18.8 Å². The minimum absolute atomic E-state index is 0.688. The molecule has 0 N–H and O–H groups in total. The summed E-state index contributed by atoms with van der Waals surface area (Å²) in [6, 6.07) is 0. The van der Waals surface area contributed by atoms with Gasteiger partial charge in [0, 0.05) is 0 Å². The fourth-order valence-electron chi connectivity index (χ4n) is 0.923. The zero-order valence-electron chi connectivity index (χ0n) is 4.98. The number of rotatable bonds is 2. The Hall–Kier alpha value is 0. The van der Waals surface area contributed by atoms with Crippen LogP contribution in [0.25, 0.3) is 0 Å². The molecule has 0 aliphatic heterocycles. The second-order valence-electron chi connectivity index (χ2n) is 2.78. The lowest BCUT2D eigenvalue weighted by Crippen LogP contribution is -1.86. The van der Waals surface area contributed by atoms with Crippen molar-refractivity contribution in [1.29, 1.82) is 0 Å². The summed E-state index contributed by atoms with van der Waals surface area (Å²) in [4.78, 5) is 0. The van der Waals surface area contributed by atoms with Crippen LogP contribution in [0.3, 0.4) is 0 Å². The summed E-state index contributed by atoms with van der Waals surface area (Å²) in [5.74, 6) is 1.75. The van der Waals surface area contributed by atoms with Crippen LogP contribution >= 0.6 is 0 Å². The lowest BCUT2D eigenvalue weighted by Gasteiger charge is -2.06. The Morgan fingerprint density at radius 3 is 2.43 bits per heavy atom. The monoisotopic (exact) mass is 97.1 g/mol. The second kappa shape index (κ2) is 1.85. The second-order valence-corrected chi connectivity index (χ2v) is 2.78. The van der Waals surface area contributed by atoms with Gasteiger partial charge < -0.3 is 6.92 Å². The van der Waals surface area contributed by atoms with Gasteiger partial charge >= 0.3 is 0 Å². The zero-order valence-corrected chi connectivity index (χ0v) is 4.98. The van der Waals surface area contributed by atoms with E-state index in [0.29, 0.717) is 5.92 Å². The smallest absolute Gasteiger partial charge is 0.0436 e. The van der Waals surface area contributed by atoms with E-state index in [1.54, 1.807) is 0 Å². The molecule has 0 heteroatoms. The first-order chi connectivity index (χ1) is 3.29. The standard InChI is InChI=1S/C7H13/c1-6(2)5-7-3-4-7/h6-7H,1,3-5H2,2H3/q-1. The molecule has 1 atom stereocenters. The third-order valence-electron chi connectivity index (χ3n) is 1.43. The molecule has 1 rings (SSSR count). The Morgan fingerprint density at radius 1 is 1.71 bits per heavy atom. The summed E-state index contributed by atoms with van der Waals surface area (Å²) in [6.45, 7) is 6.11. The van der Waals surface area contributed by atoms with Crippen molar-refractivity contribution in [3.63, 3.8) is 0 Å². The molecule has 0 amide bonds. The van der Waals surface area contributed by atoms with E-state index < -0.39 is 0 Å². The molecule has 0 aromatic carbocycles. The Labute approximate surface area is 45.9 Å². The van der Waals surface area contributed by atoms with Gasteiger partial charge in [0.15, 0.2) is 0 Å². The van der Waals surface area contributed by atoms with E-state index >= 15 is 0 Å². The topological polar surface area (TPSA) is 0 Å². The summed E-state index contributed by atoms with van der Waals surface area (Å²) in [5.41, 5.74) is 0. The molecular weight excluding hydrogens is 84.1 g/mol. The highest BCUT2D eigenvalue weighted by Crippen LogP contribution is 2.34. The summed E-state index contributed by atoms with van der Waals surface area (Å²) >= 11 is 0. The van der Waals surface area contributed by atoms with Crippen molar-refractivity contribution in [2.24, 2.45) is 11.8 Å². The maximum Gasteiger partial charge on any atom is -0.0436 e. The van der Waals surface area contributed by atoms with E-state index in [4.69, 9.17) is 0 Å². The van der Waals surface area contributed by atoms with Crippen LogP contribution in [0.2, 0.25) is 0 Å². The third-order valence-corrected chi connectivity index (χ3v) is 1.43. The normalized spacial score (nSPS) is 24.9. The third kappa shape index (κ3) is 1.96. The van der Waals surface area contributed by atoms with Crippen LogP contribution in [-0.4, -0.2) is 0 Å². The van der Waals surface area contributed by atoms with Crippen molar-refractivity contribution in [3.8, 4) is 0 Å². The Bertz CT molecular complexity index is 51.1. The average Bonchev–Trinajstić information content (AvgIpc) is 2.17. The van der Waals surface area contributed by atoms with E-state index in [9.17, 15) is 0 Å². The first-order valence-electron chi connectivity index (χ1n) is 3.12. The van der Waals surface area contributed by atoms with Gasteiger partial charge in [-0.2, -0.15) is 5.92 Å². The Kier molecular flexibility index (Phi) is 1.36. The van der Waals surface area contributed by atoms with Crippen LogP contribution in [0.4, 0.5) is 0 Å². The highest BCUT2D eigenvalue weighted by molar-refractivity contribution is 4.75. The van der Waals surface area contributed by atoms with Gasteiger partial charge in [-0.1, -0.05) is 26.2 Å². The molecule has 0 saturated heterocycles.